The molecule has 0 aromatic carbocycles. The monoisotopic (exact) mass is 283 g/mol. The number of nitrogens with zero attached hydrogens (tertiary/aromatic N) is 2. The van der Waals surface area contributed by atoms with Crippen LogP contribution in [0.2, 0.25) is 0 Å². The Balaban J connectivity index is 2.27. The van der Waals surface area contributed by atoms with E-state index >= 15 is 0 Å². The molecule has 88 valence electrons. The van der Waals surface area contributed by atoms with Crippen LogP contribution in [-0.2, 0) is 0 Å². The number of hydrogen-bond donors (Lipinski definition) is 1. The van der Waals surface area contributed by atoms with E-state index in [0.29, 0.717) is 6.04 Å². The molecule has 0 saturated carbocycles. The summed E-state index contributed by atoms with van der Waals surface area (Å²) < 4.78 is 0.941. The van der Waals surface area contributed by atoms with E-state index in [1.165, 1.54) is 25.7 Å². The highest BCUT2D eigenvalue weighted by Gasteiger charge is 2.20. The van der Waals surface area contributed by atoms with Crippen molar-refractivity contribution >= 4 is 27.4 Å². The van der Waals surface area contributed by atoms with E-state index < -0.39 is 0 Å². The van der Waals surface area contributed by atoms with Crippen LogP contribution in [0.4, 0.5) is 11.5 Å². The molecule has 3 nitrogen and oxygen atoms in total. The van der Waals surface area contributed by atoms with Crippen LogP contribution in [0.25, 0.3) is 0 Å². The summed E-state index contributed by atoms with van der Waals surface area (Å²) in [5.74, 6) is 0.942. The lowest BCUT2D eigenvalue weighted by Crippen LogP contribution is -2.33. The highest BCUT2D eigenvalue weighted by molar-refractivity contribution is 9.10. The Labute approximate surface area is 105 Å². The molecular formula is C12H18BrN3. The molecule has 2 N–H and O–H groups in total. The second kappa shape index (κ2) is 5.04. The lowest BCUT2D eigenvalue weighted by Gasteiger charge is -2.29. The van der Waals surface area contributed by atoms with E-state index in [9.17, 15) is 0 Å². The molecule has 0 bridgehead atoms. The van der Waals surface area contributed by atoms with Crippen LogP contribution < -0.4 is 10.6 Å². The standard InChI is InChI=1S/C12H18BrN3/c1-9-5-3-2-4-6-16(9)12-11(14)7-10(13)8-15-12/h7-9H,2-6,14H2,1H3. The van der Waals surface area contributed by atoms with Crippen molar-refractivity contribution in [2.45, 2.75) is 38.6 Å². The Morgan fingerprint density at radius 1 is 1.44 bits per heavy atom. The van der Waals surface area contributed by atoms with E-state index in [4.69, 9.17) is 5.73 Å². The number of rotatable bonds is 1. The second-order valence-electron chi connectivity index (χ2n) is 4.46. The van der Waals surface area contributed by atoms with Crippen LogP contribution in [0.5, 0.6) is 0 Å². The predicted molar refractivity (Wildman–Crippen MR) is 71.6 cm³/mol. The van der Waals surface area contributed by atoms with Crippen LogP contribution in [0.3, 0.4) is 0 Å². The molecule has 1 aliphatic rings. The van der Waals surface area contributed by atoms with Gasteiger partial charge >= 0.3 is 0 Å². The molecule has 1 aromatic heterocycles. The maximum Gasteiger partial charge on any atom is 0.152 e. The zero-order valence-electron chi connectivity index (χ0n) is 9.62. The first kappa shape index (κ1) is 11.7. The van der Waals surface area contributed by atoms with Gasteiger partial charge in [-0.15, -0.1) is 0 Å². The van der Waals surface area contributed by atoms with Crippen LogP contribution >= 0.6 is 15.9 Å². The summed E-state index contributed by atoms with van der Waals surface area (Å²) in [7, 11) is 0. The molecule has 0 aliphatic carbocycles. The van der Waals surface area contributed by atoms with E-state index in [2.05, 4.69) is 32.7 Å². The van der Waals surface area contributed by atoms with Gasteiger partial charge in [-0.05, 0) is 41.8 Å². The second-order valence-corrected chi connectivity index (χ2v) is 5.37. The van der Waals surface area contributed by atoms with Crippen molar-refractivity contribution in [3.05, 3.63) is 16.7 Å². The van der Waals surface area contributed by atoms with E-state index in [1.54, 1.807) is 0 Å². The van der Waals surface area contributed by atoms with Gasteiger partial charge in [0.05, 0.1) is 5.69 Å². The molecule has 0 radical (unpaired) electrons. The van der Waals surface area contributed by atoms with Gasteiger partial charge in [-0.25, -0.2) is 4.98 Å². The number of aromatic nitrogens is 1. The van der Waals surface area contributed by atoms with Gasteiger partial charge in [0.25, 0.3) is 0 Å². The van der Waals surface area contributed by atoms with Gasteiger partial charge in [0.2, 0.25) is 0 Å². The fraction of sp³-hybridized carbons (Fsp3) is 0.583. The fourth-order valence-electron chi connectivity index (χ4n) is 2.28. The zero-order chi connectivity index (χ0) is 11.5. The Morgan fingerprint density at radius 3 is 3.00 bits per heavy atom. The van der Waals surface area contributed by atoms with Crippen LogP contribution in [0.1, 0.15) is 32.6 Å². The average Bonchev–Trinajstić information content (AvgIpc) is 2.44. The van der Waals surface area contributed by atoms with Gasteiger partial charge < -0.3 is 10.6 Å². The number of hydrogen-bond acceptors (Lipinski definition) is 3. The van der Waals surface area contributed by atoms with Gasteiger partial charge in [-0.3, -0.25) is 0 Å². The molecule has 1 aromatic rings. The zero-order valence-corrected chi connectivity index (χ0v) is 11.2. The molecule has 0 amide bonds. The third kappa shape index (κ3) is 2.48. The number of pyridine rings is 1. The highest BCUT2D eigenvalue weighted by Crippen LogP contribution is 2.28. The minimum atomic E-state index is 0.540. The number of halogens is 1. The van der Waals surface area contributed by atoms with Crippen molar-refractivity contribution < 1.29 is 0 Å². The van der Waals surface area contributed by atoms with E-state index in [0.717, 1.165) is 22.5 Å². The molecule has 4 heteroatoms. The number of nitrogen functional groups attached to an aromatic ring is 1. The Kier molecular flexibility index (Phi) is 3.69. The Morgan fingerprint density at radius 2 is 2.25 bits per heavy atom. The molecule has 1 aliphatic heterocycles. The van der Waals surface area contributed by atoms with E-state index in [1.807, 2.05) is 12.3 Å². The van der Waals surface area contributed by atoms with Crippen LogP contribution in [0, 0.1) is 0 Å². The van der Waals surface area contributed by atoms with Crippen molar-refractivity contribution in [2.75, 3.05) is 17.2 Å². The first-order chi connectivity index (χ1) is 7.68. The van der Waals surface area contributed by atoms with Gasteiger partial charge in [-0.1, -0.05) is 12.8 Å². The average molecular weight is 284 g/mol. The number of anilines is 2. The molecule has 2 heterocycles. The van der Waals surface area contributed by atoms with Crippen molar-refractivity contribution in [1.29, 1.82) is 0 Å². The molecule has 0 spiro atoms. The summed E-state index contributed by atoms with van der Waals surface area (Å²) in [4.78, 5) is 6.79. The molecule has 16 heavy (non-hydrogen) atoms. The van der Waals surface area contributed by atoms with Crippen molar-refractivity contribution in [3.63, 3.8) is 0 Å². The van der Waals surface area contributed by atoms with Gasteiger partial charge in [0, 0.05) is 23.3 Å². The first-order valence-electron chi connectivity index (χ1n) is 5.86. The summed E-state index contributed by atoms with van der Waals surface area (Å²) in [6.45, 7) is 3.33. The van der Waals surface area contributed by atoms with Crippen LogP contribution in [-0.4, -0.2) is 17.6 Å². The van der Waals surface area contributed by atoms with Crippen LogP contribution in [0.15, 0.2) is 16.7 Å². The molecular weight excluding hydrogens is 266 g/mol. The predicted octanol–water partition coefficient (Wildman–Crippen LogP) is 3.20. The summed E-state index contributed by atoms with van der Waals surface area (Å²) >= 11 is 3.39. The molecule has 1 fully saturated rings. The largest absolute Gasteiger partial charge is 0.396 e. The summed E-state index contributed by atoms with van der Waals surface area (Å²) in [6, 6.07) is 2.47. The molecule has 1 atom stereocenters. The molecule has 1 unspecified atom stereocenters. The minimum absolute atomic E-state index is 0.540. The lowest BCUT2D eigenvalue weighted by molar-refractivity contribution is 0.612. The highest BCUT2D eigenvalue weighted by atomic mass is 79.9. The topological polar surface area (TPSA) is 42.2 Å². The lowest BCUT2D eigenvalue weighted by atomic mass is 10.1. The van der Waals surface area contributed by atoms with Gasteiger partial charge in [-0.2, -0.15) is 0 Å². The fourth-order valence-corrected chi connectivity index (χ4v) is 2.63. The van der Waals surface area contributed by atoms with Crippen molar-refractivity contribution in [2.24, 2.45) is 0 Å². The summed E-state index contributed by atoms with van der Waals surface area (Å²) in [6.07, 6.45) is 6.92. The summed E-state index contributed by atoms with van der Waals surface area (Å²) in [5.41, 5.74) is 6.80. The third-order valence-corrected chi connectivity index (χ3v) is 3.62. The number of nitrogens with two attached hydrogens (primary N) is 1. The van der Waals surface area contributed by atoms with Crippen molar-refractivity contribution in [1.82, 2.24) is 4.98 Å². The van der Waals surface area contributed by atoms with Gasteiger partial charge in [0.1, 0.15) is 0 Å². The normalized spacial score (nSPS) is 21.9. The van der Waals surface area contributed by atoms with Gasteiger partial charge in [0.15, 0.2) is 5.82 Å². The van der Waals surface area contributed by atoms with E-state index in [-0.39, 0.29) is 0 Å². The maximum absolute atomic E-state index is 6.03. The molecule has 1 saturated heterocycles. The minimum Gasteiger partial charge on any atom is -0.396 e. The quantitative estimate of drug-likeness (QED) is 0.861. The smallest absolute Gasteiger partial charge is 0.152 e. The molecule has 2 rings (SSSR count). The summed E-state index contributed by atoms with van der Waals surface area (Å²) in [5, 5.41) is 0. The Bertz CT molecular complexity index is 367. The Hall–Kier alpha value is -0.770. The SMILES string of the molecule is CC1CCCCCN1c1ncc(Br)cc1N. The first-order valence-corrected chi connectivity index (χ1v) is 6.65. The third-order valence-electron chi connectivity index (χ3n) is 3.19. The van der Waals surface area contributed by atoms with Crippen molar-refractivity contribution in [3.8, 4) is 0 Å². The maximum atomic E-state index is 6.03.